The molecule has 0 aliphatic carbocycles. The molecule has 0 unspecified atom stereocenters. The highest BCUT2D eigenvalue weighted by Crippen LogP contribution is 2.17. The van der Waals surface area contributed by atoms with Gasteiger partial charge in [-0.15, -0.1) is 10.2 Å². The lowest BCUT2D eigenvalue weighted by Gasteiger charge is -2.22. The monoisotopic (exact) mass is 363 g/mol. The molecule has 3 N–H and O–H groups in total. The van der Waals surface area contributed by atoms with Crippen molar-refractivity contribution in [2.45, 2.75) is 45.4 Å². The Morgan fingerprint density at radius 3 is 2.50 bits per heavy atom. The highest BCUT2D eigenvalue weighted by molar-refractivity contribution is 5.71. The van der Waals surface area contributed by atoms with Crippen molar-refractivity contribution in [3.63, 3.8) is 0 Å². The number of amides is 1. The number of benzene rings is 1. The van der Waals surface area contributed by atoms with Gasteiger partial charge in [0.25, 0.3) is 0 Å². The number of phenolic OH excluding ortho intramolecular Hbond substituents is 1. The zero-order valence-corrected chi connectivity index (χ0v) is 14.7. The van der Waals surface area contributed by atoms with Crippen LogP contribution in [-0.2, 0) is 16.1 Å². The van der Waals surface area contributed by atoms with Gasteiger partial charge < -0.3 is 20.3 Å². The molecule has 0 spiro atoms. The number of tetrazole rings is 1. The molecule has 1 heterocycles. The number of carbonyl (C=O) groups excluding carboxylic acids is 1. The van der Waals surface area contributed by atoms with E-state index < -0.39 is 23.7 Å². The van der Waals surface area contributed by atoms with Gasteiger partial charge in [-0.25, -0.2) is 4.79 Å². The summed E-state index contributed by atoms with van der Waals surface area (Å²) >= 11 is 0. The number of phenols is 1. The number of hydrogen-bond acceptors (Lipinski definition) is 7. The Bertz CT molecular complexity index is 766. The van der Waals surface area contributed by atoms with Crippen LogP contribution in [0.25, 0.3) is 11.4 Å². The van der Waals surface area contributed by atoms with Crippen molar-refractivity contribution in [2.24, 2.45) is 0 Å². The average Bonchev–Trinajstić information content (AvgIpc) is 2.93. The standard InChI is InChI=1S/C16H21N5O5/c1-16(2,3)26-15(25)17-11(8-13(23)24)9-21-19-14(18-20-21)10-4-6-12(22)7-5-10/h4-7,11,22H,8-9H2,1-3H3,(H,17,25)(H,23,24)/t11-/m1/s1. The van der Waals surface area contributed by atoms with Crippen molar-refractivity contribution in [3.05, 3.63) is 24.3 Å². The van der Waals surface area contributed by atoms with Gasteiger partial charge in [0.1, 0.15) is 11.4 Å². The molecular weight excluding hydrogens is 342 g/mol. The average molecular weight is 363 g/mol. The minimum absolute atomic E-state index is 0.0105. The molecule has 1 amide bonds. The molecule has 0 saturated carbocycles. The van der Waals surface area contributed by atoms with E-state index in [2.05, 4.69) is 20.7 Å². The third kappa shape index (κ3) is 6.04. The Morgan fingerprint density at radius 2 is 1.92 bits per heavy atom. The summed E-state index contributed by atoms with van der Waals surface area (Å²) in [5.74, 6) is -0.648. The van der Waals surface area contributed by atoms with Crippen LogP contribution >= 0.6 is 0 Å². The van der Waals surface area contributed by atoms with Crippen LogP contribution in [0.1, 0.15) is 27.2 Å². The lowest BCUT2D eigenvalue weighted by atomic mass is 10.2. The Hall–Kier alpha value is -3.17. The van der Waals surface area contributed by atoms with Crippen LogP contribution < -0.4 is 5.32 Å². The van der Waals surface area contributed by atoms with Gasteiger partial charge in [-0.3, -0.25) is 4.79 Å². The van der Waals surface area contributed by atoms with E-state index in [1.165, 1.54) is 16.9 Å². The van der Waals surface area contributed by atoms with E-state index in [1.807, 2.05) is 0 Å². The third-order valence-corrected chi connectivity index (χ3v) is 3.10. The fourth-order valence-corrected chi connectivity index (χ4v) is 2.09. The summed E-state index contributed by atoms with van der Waals surface area (Å²) in [5.41, 5.74) is -0.0565. The van der Waals surface area contributed by atoms with Gasteiger partial charge in [0.2, 0.25) is 5.82 Å². The fraction of sp³-hybridized carbons (Fsp3) is 0.438. The number of nitrogens with zero attached hydrogens (tertiary/aromatic N) is 4. The molecule has 140 valence electrons. The largest absolute Gasteiger partial charge is 0.508 e. The molecule has 10 nitrogen and oxygen atoms in total. The topological polar surface area (TPSA) is 139 Å². The Labute approximate surface area is 149 Å². The molecule has 0 fully saturated rings. The smallest absolute Gasteiger partial charge is 0.407 e. The second kappa shape index (κ2) is 7.81. The van der Waals surface area contributed by atoms with E-state index in [4.69, 9.17) is 9.84 Å². The molecule has 0 aliphatic rings. The number of hydrogen-bond donors (Lipinski definition) is 3. The maximum absolute atomic E-state index is 11.9. The summed E-state index contributed by atoms with van der Waals surface area (Å²) < 4.78 is 5.14. The SMILES string of the molecule is CC(C)(C)OC(=O)N[C@H](CC(=O)O)Cn1nnc(-c2ccc(O)cc2)n1. The van der Waals surface area contributed by atoms with Crippen LogP contribution in [0.3, 0.4) is 0 Å². The number of aromatic nitrogens is 4. The van der Waals surface area contributed by atoms with E-state index in [0.29, 0.717) is 11.4 Å². The quantitative estimate of drug-likeness (QED) is 0.700. The van der Waals surface area contributed by atoms with Crippen LogP contribution in [0, 0.1) is 0 Å². The molecule has 2 aromatic rings. The first kappa shape index (κ1) is 19.2. The number of carbonyl (C=O) groups is 2. The van der Waals surface area contributed by atoms with Crippen molar-refractivity contribution in [1.29, 1.82) is 0 Å². The number of ether oxygens (including phenoxy) is 1. The predicted molar refractivity (Wildman–Crippen MR) is 90.3 cm³/mol. The predicted octanol–water partition coefficient (Wildman–Crippen LogP) is 1.41. The van der Waals surface area contributed by atoms with E-state index in [0.717, 1.165) is 0 Å². The molecule has 2 rings (SSSR count). The molecule has 1 aromatic carbocycles. The van der Waals surface area contributed by atoms with Crippen LogP contribution in [0.5, 0.6) is 5.75 Å². The molecule has 0 radical (unpaired) electrons. The number of alkyl carbamates (subject to hydrolysis) is 1. The van der Waals surface area contributed by atoms with Gasteiger partial charge >= 0.3 is 12.1 Å². The minimum Gasteiger partial charge on any atom is -0.508 e. The summed E-state index contributed by atoms with van der Waals surface area (Å²) in [6.45, 7) is 5.14. The summed E-state index contributed by atoms with van der Waals surface area (Å²) in [7, 11) is 0. The number of carboxylic acids is 1. The van der Waals surface area contributed by atoms with E-state index >= 15 is 0 Å². The highest BCUT2D eigenvalue weighted by Gasteiger charge is 2.22. The molecule has 0 saturated heterocycles. The van der Waals surface area contributed by atoms with Gasteiger partial charge in [-0.2, -0.15) is 4.80 Å². The summed E-state index contributed by atoms with van der Waals surface area (Å²) in [4.78, 5) is 24.1. The van der Waals surface area contributed by atoms with Crippen LogP contribution in [0.2, 0.25) is 0 Å². The molecule has 26 heavy (non-hydrogen) atoms. The Kier molecular flexibility index (Phi) is 5.75. The summed E-state index contributed by atoms with van der Waals surface area (Å²) in [6.07, 6.45) is -1.04. The zero-order valence-electron chi connectivity index (χ0n) is 14.7. The third-order valence-electron chi connectivity index (χ3n) is 3.10. The second-order valence-electron chi connectivity index (χ2n) is 6.66. The van der Waals surface area contributed by atoms with Gasteiger partial charge in [-0.1, -0.05) is 0 Å². The van der Waals surface area contributed by atoms with Crippen molar-refractivity contribution in [1.82, 2.24) is 25.5 Å². The highest BCUT2D eigenvalue weighted by atomic mass is 16.6. The number of nitrogens with one attached hydrogen (secondary N) is 1. The lowest BCUT2D eigenvalue weighted by Crippen LogP contribution is -2.42. The first-order valence-electron chi connectivity index (χ1n) is 7.91. The Morgan fingerprint density at radius 1 is 1.27 bits per heavy atom. The van der Waals surface area contributed by atoms with Crippen molar-refractivity contribution < 1.29 is 24.5 Å². The first-order chi connectivity index (χ1) is 12.1. The second-order valence-corrected chi connectivity index (χ2v) is 6.66. The zero-order chi connectivity index (χ0) is 19.3. The molecular formula is C16H21N5O5. The van der Waals surface area contributed by atoms with Crippen LogP contribution in [-0.4, -0.2) is 54.1 Å². The number of rotatable bonds is 6. The van der Waals surface area contributed by atoms with Gasteiger partial charge in [-0.05, 0) is 50.3 Å². The maximum Gasteiger partial charge on any atom is 0.407 e. The van der Waals surface area contributed by atoms with E-state index in [1.54, 1.807) is 32.9 Å². The molecule has 1 aromatic heterocycles. The Balaban J connectivity index is 2.07. The molecule has 10 heteroatoms. The maximum atomic E-state index is 11.9. The number of aliphatic carboxylic acids is 1. The first-order valence-corrected chi connectivity index (χ1v) is 7.91. The lowest BCUT2D eigenvalue weighted by molar-refractivity contribution is -0.137. The van der Waals surface area contributed by atoms with E-state index in [-0.39, 0.29) is 18.7 Å². The van der Waals surface area contributed by atoms with Crippen molar-refractivity contribution in [3.8, 4) is 17.1 Å². The van der Waals surface area contributed by atoms with Gasteiger partial charge in [0.15, 0.2) is 0 Å². The van der Waals surface area contributed by atoms with Crippen LogP contribution in [0.4, 0.5) is 4.79 Å². The number of aromatic hydroxyl groups is 1. The summed E-state index contributed by atoms with van der Waals surface area (Å²) in [5, 5.41) is 32.8. The van der Waals surface area contributed by atoms with E-state index in [9.17, 15) is 14.7 Å². The summed E-state index contributed by atoms with van der Waals surface area (Å²) in [6, 6.07) is 5.47. The van der Waals surface area contributed by atoms with Gasteiger partial charge in [0, 0.05) is 5.56 Å². The number of carboxylic acid groups (broad SMARTS) is 1. The molecule has 1 atom stereocenters. The normalized spacial score (nSPS) is 12.4. The minimum atomic E-state index is -1.08. The molecule has 0 aliphatic heterocycles. The fourth-order valence-electron chi connectivity index (χ4n) is 2.09. The van der Waals surface area contributed by atoms with Crippen molar-refractivity contribution in [2.75, 3.05) is 0 Å². The molecule has 0 bridgehead atoms. The van der Waals surface area contributed by atoms with Gasteiger partial charge in [0.05, 0.1) is 19.0 Å². The van der Waals surface area contributed by atoms with Crippen LogP contribution in [0.15, 0.2) is 24.3 Å². The van der Waals surface area contributed by atoms with Crippen molar-refractivity contribution >= 4 is 12.1 Å².